The Morgan fingerprint density at radius 1 is 1.28 bits per heavy atom. The minimum absolute atomic E-state index is 0.0940. The quantitative estimate of drug-likeness (QED) is 0.451. The Balaban J connectivity index is 1.62. The second kappa shape index (κ2) is 8.33. The number of carbonyl (C=O) groups is 1. The Hall–Kier alpha value is -3.37. The van der Waals surface area contributed by atoms with E-state index in [1.165, 1.54) is 11.3 Å². The fraction of sp³-hybridized carbons (Fsp3) is 0.227. The summed E-state index contributed by atoms with van der Waals surface area (Å²) in [7, 11) is 0. The molecule has 0 radical (unpaired) electrons. The maximum atomic E-state index is 13.2. The van der Waals surface area contributed by atoms with Crippen molar-refractivity contribution in [2.75, 3.05) is 6.54 Å². The van der Waals surface area contributed by atoms with Crippen molar-refractivity contribution >= 4 is 27.5 Å². The minimum Gasteiger partial charge on any atom is -0.467 e. The molecule has 6 nitrogen and oxygen atoms in total. The van der Waals surface area contributed by atoms with Gasteiger partial charge in [0, 0.05) is 11.9 Å². The first-order chi connectivity index (χ1) is 14.2. The predicted molar refractivity (Wildman–Crippen MR) is 112 cm³/mol. The van der Waals surface area contributed by atoms with Gasteiger partial charge in [-0.1, -0.05) is 30.3 Å². The highest BCUT2D eigenvalue weighted by Gasteiger charge is 2.22. The molecule has 1 aromatic carbocycles. The average molecular weight is 404 g/mol. The Morgan fingerprint density at radius 2 is 2.10 bits per heavy atom. The fourth-order valence-electron chi connectivity index (χ4n) is 3.27. The van der Waals surface area contributed by atoms with E-state index in [9.17, 15) is 4.79 Å². The zero-order valence-electron chi connectivity index (χ0n) is 16.0. The number of carbonyl (C=O) groups excluding carboxylic acids is 1. The molecule has 0 fully saturated rings. The first-order valence-corrected chi connectivity index (χ1v) is 10.2. The average Bonchev–Trinajstić information content (AvgIpc) is 3.45. The summed E-state index contributed by atoms with van der Waals surface area (Å²) in [5.74, 6) is 0.604. The van der Waals surface area contributed by atoms with Gasteiger partial charge in [0.05, 0.1) is 42.4 Å². The molecule has 4 aromatic rings. The molecule has 0 saturated carbocycles. The summed E-state index contributed by atoms with van der Waals surface area (Å²) >= 11 is 1.44. The normalized spacial score (nSPS) is 10.9. The zero-order valence-corrected chi connectivity index (χ0v) is 16.9. The third-order valence-electron chi connectivity index (χ3n) is 4.70. The minimum atomic E-state index is -0.0940. The van der Waals surface area contributed by atoms with Crippen molar-refractivity contribution in [3.05, 3.63) is 76.7 Å². The number of hydrogen-bond acceptors (Lipinski definition) is 5. The van der Waals surface area contributed by atoms with Crippen LogP contribution in [0.4, 0.5) is 0 Å². The predicted octanol–water partition coefficient (Wildman–Crippen LogP) is 4.60. The van der Waals surface area contributed by atoms with Gasteiger partial charge in [-0.15, -0.1) is 11.3 Å². The Labute approximate surface area is 172 Å². The molecule has 4 rings (SSSR count). The van der Waals surface area contributed by atoms with Crippen LogP contribution in [0.15, 0.2) is 59.2 Å². The highest BCUT2D eigenvalue weighted by Crippen LogP contribution is 2.30. The number of aromatic nitrogens is 2. The van der Waals surface area contributed by atoms with Gasteiger partial charge in [0.25, 0.3) is 5.91 Å². The summed E-state index contributed by atoms with van der Waals surface area (Å²) < 4.78 is 7.34. The van der Waals surface area contributed by atoms with Crippen molar-refractivity contribution < 1.29 is 9.21 Å². The topological polar surface area (TPSA) is 75.1 Å². The molecule has 3 heterocycles. The van der Waals surface area contributed by atoms with E-state index in [0.717, 1.165) is 21.5 Å². The SMILES string of the molecule is Cc1nn(Cc2ccccc2)c2sc(C(=O)N(CCC#N)Cc3ccco3)cc12. The third kappa shape index (κ3) is 4.08. The molecule has 0 saturated heterocycles. The second-order valence-electron chi connectivity index (χ2n) is 6.77. The summed E-state index contributed by atoms with van der Waals surface area (Å²) in [5.41, 5.74) is 2.06. The lowest BCUT2D eigenvalue weighted by Crippen LogP contribution is -2.30. The van der Waals surface area contributed by atoms with Crippen LogP contribution in [-0.4, -0.2) is 27.1 Å². The van der Waals surface area contributed by atoms with E-state index in [1.54, 1.807) is 17.2 Å². The number of fused-ring (bicyclic) bond motifs is 1. The number of amides is 1. The standard InChI is InChI=1S/C22H20N4O2S/c1-16-19-13-20(21(27)25(11-6-10-23)15-18-9-5-12-28-18)29-22(19)26(24-16)14-17-7-3-2-4-8-17/h2-5,7-9,12-13H,6,11,14-15H2,1H3. The number of hydrogen-bond donors (Lipinski definition) is 0. The number of nitrogens with zero attached hydrogens (tertiary/aromatic N) is 4. The van der Waals surface area contributed by atoms with Gasteiger partial charge in [-0.3, -0.25) is 9.48 Å². The van der Waals surface area contributed by atoms with Gasteiger partial charge >= 0.3 is 0 Å². The van der Waals surface area contributed by atoms with E-state index in [0.29, 0.717) is 30.3 Å². The summed E-state index contributed by atoms with van der Waals surface area (Å²) in [5, 5.41) is 14.6. The lowest BCUT2D eigenvalue weighted by Gasteiger charge is -2.19. The van der Waals surface area contributed by atoms with Crippen LogP contribution in [-0.2, 0) is 13.1 Å². The van der Waals surface area contributed by atoms with Crippen molar-refractivity contribution in [2.45, 2.75) is 26.4 Å². The van der Waals surface area contributed by atoms with Crippen LogP contribution in [0.1, 0.15) is 33.1 Å². The van der Waals surface area contributed by atoms with Crippen molar-refractivity contribution in [2.24, 2.45) is 0 Å². The van der Waals surface area contributed by atoms with Gasteiger partial charge < -0.3 is 9.32 Å². The maximum absolute atomic E-state index is 13.2. The molecular weight excluding hydrogens is 384 g/mol. The molecule has 3 aromatic heterocycles. The smallest absolute Gasteiger partial charge is 0.264 e. The number of aryl methyl sites for hydroxylation is 1. The fourth-order valence-corrected chi connectivity index (χ4v) is 4.39. The Morgan fingerprint density at radius 3 is 2.83 bits per heavy atom. The first kappa shape index (κ1) is 19.0. The van der Waals surface area contributed by atoms with E-state index in [4.69, 9.17) is 9.68 Å². The van der Waals surface area contributed by atoms with Crippen molar-refractivity contribution in [1.82, 2.24) is 14.7 Å². The van der Waals surface area contributed by atoms with Crippen LogP contribution in [0.25, 0.3) is 10.2 Å². The third-order valence-corrected chi connectivity index (χ3v) is 5.84. The molecule has 0 bridgehead atoms. The summed E-state index contributed by atoms with van der Waals surface area (Å²) in [4.78, 5) is 16.5. The molecule has 0 aliphatic rings. The molecule has 0 N–H and O–H groups in total. The number of furan rings is 1. The van der Waals surface area contributed by atoms with Crippen LogP contribution >= 0.6 is 11.3 Å². The molecule has 1 amide bonds. The number of nitriles is 1. The van der Waals surface area contributed by atoms with E-state index in [2.05, 4.69) is 23.3 Å². The van der Waals surface area contributed by atoms with Crippen molar-refractivity contribution in [3.8, 4) is 6.07 Å². The second-order valence-corrected chi connectivity index (χ2v) is 7.80. The van der Waals surface area contributed by atoms with Crippen LogP contribution in [0.3, 0.4) is 0 Å². The van der Waals surface area contributed by atoms with Crippen molar-refractivity contribution in [1.29, 1.82) is 5.26 Å². The molecule has 7 heteroatoms. The van der Waals surface area contributed by atoms with Gasteiger partial charge in [-0.25, -0.2) is 0 Å². The summed E-state index contributed by atoms with van der Waals surface area (Å²) in [6.07, 6.45) is 1.86. The number of thiophene rings is 1. The van der Waals surface area contributed by atoms with Gasteiger partial charge in [0.15, 0.2) is 0 Å². The number of benzene rings is 1. The monoisotopic (exact) mass is 404 g/mol. The Bertz CT molecular complexity index is 1150. The maximum Gasteiger partial charge on any atom is 0.264 e. The lowest BCUT2D eigenvalue weighted by atomic mass is 10.2. The molecule has 0 aliphatic carbocycles. The summed E-state index contributed by atoms with van der Waals surface area (Å²) in [6, 6.07) is 17.8. The molecule has 0 aliphatic heterocycles. The van der Waals surface area contributed by atoms with Crippen LogP contribution in [0.5, 0.6) is 0 Å². The van der Waals surface area contributed by atoms with Gasteiger partial charge in [-0.05, 0) is 30.7 Å². The number of rotatable bonds is 7. The van der Waals surface area contributed by atoms with Crippen molar-refractivity contribution in [3.63, 3.8) is 0 Å². The van der Waals surface area contributed by atoms with E-state index >= 15 is 0 Å². The Kier molecular flexibility index (Phi) is 5.45. The van der Waals surface area contributed by atoms with E-state index in [1.807, 2.05) is 41.9 Å². The zero-order chi connectivity index (χ0) is 20.2. The van der Waals surface area contributed by atoms with E-state index < -0.39 is 0 Å². The molecule has 0 spiro atoms. The molecule has 29 heavy (non-hydrogen) atoms. The summed E-state index contributed by atoms with van der Waals surface area (Å²) in [6.45, 7) is 3.32. The largest absolute Gasteiger partial charge is 0.467 e. The van der Waals surface area contributed by atoms with Gasteiger partial charge in [-0.2, -0.15) is 10.4 Å². The van der Waals surface area contributed by atoms with Gasteiger partial charge in [0.1, 0.15) is 10.6 Å². The van der Waals surface area contributed by atoms with E-state index in [-0.39, 0.29) is 12.3 Å². The van der Waals surface area contributed by atoms with Crippen LogP contribution in [0.2, 0.25) is 0 Å². The first-order valence-electron chi connectivity index (χ1n) is 9.35. The highest BCUT2D eigenvalue weighted by molar-refractivity contribution is 7.20. The molecule has 146 valence electrons. The van der Waals surface area contributed by atoms with Crippen LogP contribution < -0.4 is 0 Å². The molecule has 0 atom stereocenters. The molecule has 0 unspecified atom stereocenters. The lowest BCUT2D eigenvalue weighted by molar-refractivity contribution is 0.0740. The highest BCUT2D eigenvalue weighted by atomic mass is 32.1. The van der Waals surface area contributed by atoms with Gasteiger partial charge in [0.2, 0.25) is 0 Å². The molecular formula is C22H20N4O2S. The van der Waals surface area contributed by atoms with Crippen LogP contribution in [0, 0.1) is 18.3 Å².